The lowest BCUT2D eigenvalue weighted by atomic mass is 9.88. The fourth-order valence-electron chi connectivity index (χ4n) is 5.61. The van der Waals surface area contributed by atoms with Gasteiger partial charge in [0, 0.05) is 18.5 Å². The molecule has 1 aromatic rings. The molecule has 3 atom stereocenters. The lowest BCUT2D eigenvalue weighted by molar-refractivity contribution is -0.128. The highest BCUT2D eigenvalue weighted by Gasteiger charge is 2.31. The predicted octanol–water partition coefficient (Wildman–Crippen LogP) is 5.57. The fraction of sp³-hybridized carbons (Fsp3) is 0.719. The second-order valence-electron chi connectivity index (χ2n) is 11.3. The van der Waals surface area contributed by atoms with Gasteiger partial charge >= 0.3 is 0 Å². The van der Waals surface area contributed by atoms with Crippen molar-refractivity contribution in [3.63, 3.8) is 0 Å². The van der Waals surface area contributed by atoms with Gasteiger partial charge in [-0.1, -0.05) is 90.0 Å². The number of hydrogen-bond acceptors (Lipinski definition) is 6. The molecular weight excluding hydrogens is 506 g/mol. The van der Waals surface area contributed by atoms with Crippen LogP contribution >= 0.6 is 0 Å². The second kappa shape index (κ2) is 18.7. The topological polar surface area (TPSA) is 117 Å². The average molecular weight is 560 g/mol. The zero-order chi connectivity index (χ0) is 29.3. The van der Waals surface area contributed by atoms with Gasteiger partial charge in [-0.05, 0) is 37.8 Å². The Balaban J connectivity index is 1.66. The number of phenolic OH excluding ortho intramolecular Hbond substituents is 1. The number of benzene rings is 1. The summed E-state index contributed by atoms with van der Waals surface area (Å²) in [6.45, 7) is 5.92. The van der Waals surface area contributed by atoms with E-state index in [9.17, 15) is 19.5 Å². The van der Waals surface area contributed by atoms with Crippen molar-refractivity contribution in [3.05, 3.63) is 22.8 Å². The molecule has 0 aliphatic carbocycles. The van der Waals surface area contributed by atoms with E-state index in [1.165, 1.54) is 71.3 Å². The SMILES string of the molecule is CCCCCCCCCCCCCCCC(=O)N[C@@H](C)C(=O)NC[C@@H]1N[C@H](C=O)Cc2cc(C)c(OC)c(O)c21. The molecule has 40 heavy (non-hydrogen) atoms. The summed E-state index contributed by atoms with van der Waals surface area (Å²) in [5.74, 6) is -0.0254. The van der Waals surface area contributed by atoms with Crippen LogP contribution in [0, 0.1) is 6.92 Å². The van der Waals surface area contributed by atoms with Crippen LogP contribution in [-0.4, -0.2) is 48.9 Å². The molecule has 8 nitrogen and oxygen atoms in total. The van der Waals surface area contributed by atoms with E-state index in [1.54, 1.807) is 6.92 Å². The maximum absolute atomic E-state index is 12.7. The molecule has 4 N–H and O–H groups in total. The molecule has 1 aliphatic heterocycles. The summed E-state index contributed by atoms with van der Waals surface area (Å²) in [5.41, 5.74) is 2.26. The number of aldehydes is 1. The molecule has 0 saturated heterocycles. The van der Waals surface area contributed by atoms with Crippen molar-refractivity contribution in [2.45, 2.75) is 135 Å². The van der Waals surface area contributed by atoms with Gasteiger partial charge in [0.25, 0.3) is 0 Å². The molecule has 2 amide bonds. The summed E-state index contributed by atoms with van der Waals surface area (Å²) in [5, 5.41) is 19.7. The molecule has 1 aliphatic rings. The van der Waals surface area contributed by atoms with E-state index >= 15 is 0 Å². The van der Waals surface area contributed by atoms with Crippen molar-refractivity contribution in [2.24, 2.45) is 0 Å². The number of methoxy groups -OCH3 is 1. The van der Waals surface area contributed by atoms with E-state index in [4.69, 9.17) is 4.74 Å². The summed E-state index contributed by atoms with van der Waals surface area (Å²) in [6.07, 6.45) is 18.0. The Morgan fingerprint density at radius 2 is 1.62 bits per heavy atom. The second-order valence-corrected chi connectivity index (χ2v) is 11.3. The van der Waals surface area contributed by atoms with Gasteiger partial charge in [-0.2, -0.15) is 0 Å². The van der Waals surface area contributed by atoms with Gasteiger partial charge in [-0.25, -0.2) is 0 Å². The van der Waals surface area contributed by atoms with Crippen LogP contribution in [0.2, 0.25) is 0 Å². The van der Waals surface area contributed by atoms with Crippen LogP contribution in [0.5, 0.6) is 11.5 Å². The molecule has 226 valence electrons. The number of amides is 2. The maximum Gasteiger partial charge on any atom is 0.242 e. The van der Waals surface area contributed by atoms with Crippen molar-refractivity contribution in [2.75, 3.05) is 13.7 Å². The fourth-order valence-corrected chi connectivity index (χ4v) is 5.61. The molecule has 0 bridgehead atoms. The van der Waals surface area contributed by atoms with Crippen molar-refractivity contribution >= 4 is 18.1 Å². The van der Waals surface area contributed by atoms with E-state index in [1.807, 2.05) is 13.0 Å². The first-order chi connectivity index (χ1) is 19.3. The quantitative estimate of drug-likeness (QED) is 0.123. The number of aryl methyl sites for hydroxylation is 1. The molecule has 0 saturated carbocycles. The summed E-state index contributed by atoms with van der Waals surface area (Å²) >= 11 is 0. The summed E-state index contributed by atoms with van der Waals surface area (Å²) < 4.78 is 5.36. The number of phenols is 1. The van der Waals surface area contributed by atoms with E-state index in [2.05, 4.69) is 22.9 Å². The van der Waals surface area contributed by atoms with Crippen LogP contribution in [-0.2, 0) is 20.8 Å². The van der Waals surface area contributed by atoms with Crippen LogP contribution in [0.4, 0.5) is 0 Å². The highest BCUT2D eigenvalue weighted by Crippen LogP contribution is 2.41. The van der Waals surface area contributed by atoms with Crippen LogP contribution in [0.15, 0.2) is 6.07 Å². The number of rotatable bonds is 20. The molecule has 2 rings (SSSR count). The first-order valence-corrected chi connectivity index (χ1v) is 15.5. The molecular formula is C32H53N3O5. The molecule has 0 radical (unpaired) electrons. The number of carbonyl (C=O) groups is 3. The Morgan fingerprint density at radius 3 is 2.17 bits per heavy atom. The van der Waals surface area contributed by atoms with Gasteiger partial charge < -0.3 is 25.3 Å². The molecule has 0 unspecified atom stereocenters. The third-order valence-corrected chi connectivity index (χ3v) is 7.90. The number of ether oxygens (including phenoxy) is 1. The molecule has 0 aromatic heterocycles. The van der Waals surface area contributed by atoms with Crippen LogP contribution in [0.25, 0.3) is 0 Å². The Labute approximate surface area is 241 Å². The van der Waals surface area contributed by atoms with Gasteiger partial charge in [-0.15, -0.1) is 0 Å². The van der Waals surface area contributed by atoms with Gasteiger partial charge in [0.05, 0.1) is 19.2 Å². The third kappa shape index (κ3) is 11.1. The van der Waals surface area contributed by atoms with E-state index in [0.29, 0.717) is 24.2 Å². The van der Waals surface area contributed by atoms with Crippen molar-refractivity contribution < 1.29 is 24.2 Å². The van der Waals surface area contributed by atoms with Crippen molar-refractivity contribution in [1.29, 1.82) is 0 Å². The molecule has 8 heteroatoms. The monoisotopic (exact) mass is 559 g/mol. The lowest BCUT2D eigenvalue weighted by Crippen LogP contribution is -2.49. The largest absolute Gasteiger partial charge is 0.504 e. The predicted molar refractivity (Wildman–Crippen MR) is 160 cm³/mol. The minimum Gasteiger partial charge on any atom is -0.504 e. The molecule has 0 fully saturated rings. The van der Waals surface area contributed by atoms with Crippen molar-refractivity contribution in [3.8, 4) is 11.5 Å². The number of fused-ring (bicyclic) bond motifs is 1. The highest BCUT2D eigenvalue weighted by molar-refractivity contribution is 5.87. The Kier molecular flexibility index (Phi) is 15.7. The number of aromatic hydroxyl groups is 1. The van der Waals surface area contributed by atoms with E-state index < -0.39 is 18.1 Å². The maximum atomic E-state index is 12.7. The average Bonchev–Trinajstić information content (AvgIpc) is 2.93. The van der Waals surface area contributed by atoms with Crippen molar-refractivity contribution in [1.82, 2.24) is 16.0 Å². The van der Waals surface area contributed by atoms with Crippen LogP contribution < -0.4 is 20.7 Å². The smallest absolute Gasteiger partial charge is 0.242 e. The summed E-state index contributed by atoms with van der Waals surface area (Å²) in [6, 6.07) is 0.352. The van der Waals surface area contributed by atoms with Gasteiger partial charge in [-0.3, -0.25) is 14.9 Å². The normalized spacial score (nSPS) is 17.1. The number of unbranched alkanes of at least 4 members (excludes halogenated alkanes) is 12. The van der Waals surface area contributed by atoms with Crippen LogP contribution in [0.3, 0.4) is 0 Å². The Hall–Kier alpha value is -2.61. The standard InChI is InChI=1S/C32H53N3O5/c1-5-6-7-8-9-10-11-12-13-14-15-16-17-18-28(37)34-24(3)32(39)33-21-27-29-25(20-26(22-36)35-27)19-23(2)31(40-4)30(29)38/h19,22,24,26-27,35,38H,5-18,20-21H2,1-4H3,(H,33,39)(H,34,37)/t24-,26-,27-/m0/s1. The lowest BCUT2D eigenvalue weighted by Gasteiger charge is -2.32. The molecule has 0 spiro atoms. The Morgan fingerprint density at radius 1 is 1.05 bits per heavy atom. The Bertz CT molecular complexity index is 936. The van der Waals surface area contributed by atoms with Crippen LogP contribution in [0.1, 0.15) is 126 Å². The third-order valence-electron chi connectivity index (χ3n) is 7.90. The zero-order valence-corrected chi connectivity index (χ0v) is 25.3. The van der Waals surface area contributed by atoms with Gasteiger partial charge in [0.15, 0.2) is 11.5 Å². The number of hydrogen-bond donors (Lipinski definition) is 4. The van der Waals surface area contributed by atoms with Gasteiger partial charge in [0.2, 0.25) is 11.8 Å². The highest BCUT2D eigenvalue weighted by atomic mass is 16.5. The first-order valence-electron chi connectivity index (χ1n) is 15.5. The summed E-state index contributed by atoms with van der Waals surface area (Å²) in [4.78, 5) is 36.6. The van der Waals surface area contributed by atoms with Gasteiger partial charge in [0.1, 0.15) is 12.3 Å². The molecule has 1 heterocycles. The summed E-state index contributed by atoms with van der Waals surface area (Å²) in [7, 11) is 1.50. The number of nitrogens with one attached hydrogen (secondary N) is 3. The number of carbonyl (C=O) groups excluding carboxylic acids is 3. The van der Waals surface area contributed by atoms with E-state index in [0.717, 1.165) is 36.7 Å². The first kappa shape index (κ1) is 33.6. The molecule has 1 aromatic carbocycles. The minimum absolute atomic E-state index is 0.0211. The van der Waals surface area contributed by atoms with E-state index in [-0.39, 0.29) is 24.1 Å². The zero-order valence-electron chi connectivity index (χ0n) is 25.3. The minimum atomic E-state index is -0.680.